The zero-order valence-corrected chi connectivity index (χ0v) is 14.4. The number of H-pyrrole nitrogens is 1. The van der Waals surface area contributed by atoms with Crippen molar-refractivity contribution in [3.63, 3.8) is 0 Å². The van der Waals surface area contributed by atoms with Crippen molar-refractivity contribution >= 4 is 5.82 Å². The van der Waals surface area contributed by atoms with E-state index in [9.17, 15) is 4.79 Å². The van der Waals surface area contributed by atoms with Gasteiger partial charge in [-0.3, -0.25) is 4.79 Å². The minimum absolute atomic E-state index is 0.113. The SMILES string of the molecule is Cc1nc(-c2ccc(NCCCCn3cnnc3)nc2)[nH]c(=O)c1C. The Labute approximate surface area is 145 Å². The number of anilines is 1. The highest BCUT2D eigenvalue weighted by molar-refractivity contribution is 5.56. The molecular formula is C17H21N7O. The number of pyridine rings is 1. The third kappa shape index (κ3) is 4.28. The second-order valence-electron chi connectivity index (χ2n) is 5.89. The van der Waals surface area contributed by atoms with E-state index < -0.39 is 0 Å². The van der Waals surface area contributed by atoms with Gasteiger partial charge in [-0.1, -0.05) is 0 Å². The van der Waals surface area contributed by atoms with Crippen molar-refractivity contribution in [2.24, 2.45) is 0 Å². The maximum atomic E-state index is 11.9. The standard InChI is InChI=1S/C17H21N7O/c1-12-13(2)22-16(23-17(12)25)14-5-6-15(19-9-14)18-7-3-4-8-24-10-20-21-11-24/h5-6,9-11H,3-4,7-8H2,1-2H3,(H,18,19)(H,22,23,25). The van der Waals surface area contributed by atoms with Crippen LogP contribution >= 0.6 is 0 Å². The summed E-state index contributed by atoms with van der Waals surface area (Å²) in [5.74, 6) is 1.35. The number of unbranched alkanes of at least 4 members (excludes halogenated alkanes) is 1. The summed E-state index contributed by atoms with van der Waals surface area (Å²) in [5.41, 5.74) is 2.05. The lowest BCUT2D eigenvalue weighted by atomic mass is 10.2. The van der Waals surface area contributed by atoms with Gasteiger partial charge >= 0.3 is 0 Å². The maximum absolute atomic E-state index is 11.9. The molecule has 0 fully saturated rings. The van der Waals surface area contributed by atoms with E-state index in [1.165, 1.54) is 0 Å². The van der Waals surface area contributed by atoms with Crippen LogP contribution in [0.25, 0.3) is 11.4 Å². The Morgan fingerprint density at radius 1 is 1.16 bits per heavy atom. The van der Waals surface area contributed by atoms with Gasteiger partial charge in [-0.05, 0) is 38.8 Å². The van der Waals surface area contributed by atoms with Crippen molar-refractivity contribution in [3.05, 3.63) is 52.6 Å². The molecule has 0 unspecified atom stereocenters. The first-order valence-electron chi connectivity index (χ1n) is 8.24. The van der Waals surface area contributed by atoms with E-state index in [0.717, 1.165) is 43.0 Å². The lowest BCUT2D eigenvalue weighted by molar-refractivity contribution is 0.619. The first-order chi connectivity index (χ1) is 12.1. The molecule has 0 spiro atoms. The number of nitrogens with one attached hydrogen (secondary N) is 2. The molecule has 0 saturated carbocycles. The largest absolute Gasteiger partial charge is 0.370 e. The number of aromatic amines is 1. The van der Waals surface area contributed by atoms with E-state index in [2.05, 4.69) is 30.5 Å². The first kappa shape index (κ1) is 16.8. The van der Waals surface area contributed by atoms with Gasteiger partial charge in [-0.25, -0.2) is 9.97 Å². The van der Waals surface area contributed by atoms with Crippen LogP contribution in [-0.4, -0.2) is 36.3 Å². The highest BCUT2D eigenvalue weighted by Gasteiger charge is 2.06. The molecule has 0 atom stereocenters. The van der Waals surface area contributed by atoms with Gasteiger partial charge in [-0.2, -0.15) is 0 Å². The molecule has 0 aliphatic carbocycles. The third-order valence-electron chi connectivity index (χ3n) is 4.05. The smallest absolute Gasteiger partial charge is 0.254 e. The quantitative estimate of drug-likeness (QED) is 0.638. The number of nitrogens with zero attached hydrogens (tertiary/aromatic N) is 5. The van der Waals surface area contributed by atoms with Gasteiger partial charge in [0.1, 0.15) is 24.3 Å². The second-order valence-corrected chi connectivity index (χ2v) is 5.89. The van der Waals surface area contributed by atoms with Crippen LogP contribution in [0, 0.1) is 13.8 Å². The van der Waals surface area contributed by atoms with Gasteiger partial charge in [0.15, 0.2) is 0 Å². The maximum Gasteiger partial charge on any atom is 0.254 e. The summed E-state index contributed by atoms with van der Waals surface area (Å²) in [4.78, 5) is 23.4. The first-order valence-corrected chi connectivity index (χ1v) is 8.24. The van der Waals surface area contributed by atoms with Crippen LogP contribution in [0.1, 0.15) is 24.1 Å². The Morgan fingerprint density at radius 2 is 1.96 bits per heavy atom. The molecule has 0 aliphatic rings. The fourth-order valence-electron chi connectivity index (χ4n) is 2.39. The Hall–Kier alpha value is -3.03. The average molecular weight is 339 g/mol. The van der Waals surface area contributed by atoms with Gasteiger partial charge in [0.2, 0.25) is 0 Å². The third-order valence-corrected chi connectivity index (χ3v) is 4.05. The van der Waals surface area contributed by atoms with E-state index in [1.54, 1.807) is 25.8 Å². The summed E-state index contributed by atoms with van der Waals surface area (Å²) < 4.78 is 1.96. The summed E-state index contributed by atoms with van der Waals surface area (Å²) in [7, 11) is 0. The highest BCUT2D eigenvalue weighted by atomic mass is 16.1. The molecule has 3 heterocycles. The molecule has 0 saturated heterocycles. The minimum Gasteiger partial charge on any atom is -0.370 e. The van der Waals surface area contributed by atoms with Gasteiger partial charge < -0.3 is 14.9 Å². The van der Waals surface area contributed by atoms with Crippen LogP contribution in [0.15, 0.2) is 35.8 Å². The van der Waals surface area contributed by atoms with Crippen LogP contribution in [-0.2, 0) is 6.54 Å². The predicted molar refractivity (Wildman–Crippen MR) is 95.3 cm³/mol. The summed E-state index contributed by atoms with van der Waals surface area (Å²) in [6.45, 7) is 5.34. The topological polar surface area (TPSA) is 101 Å². The Bertz CT molecular complexity index is 869. The van der Waals surface area contributed by atoms with E-state index >= 15 is 0 Å². The zero-order valence-electron chi connectivity index (χ0n) is 14.4. The summed E-state index contributed by atoms with van der Waals surface area (Å²) >= 11 is 0. The molecule has 0 aliphatic heterocycles. The lowest BCUT2D eigenvalue weighted by Crippen LogP contribution is -2.14. The van der Waals surface area contributed by atoms with Gasteiger partial charge in [0.05, 0.1) is 0 Å². The fraction of sp³-hybridized carbons (Fsp3) is 0.353. The average Bonchev–Trinajstić information content (AvgIpc) is 3.13. The van der Waals surface area contributed by atoms with E-state index in [1.807, 2.05) is 23.6 Å². The molecule has 2 N–H and O–H groups in total. The number of aryl methyl sites for hydroxylation is 2. The van der Waals surface area contributed by atoms with Crippen LogP contribution < -0.4 is 10.9 Å². The number of hydrogen-bond donors (Lipinski definition) is 2. The van der Waals surface area contributed by atoms with E-state index in [0.29, 0.717) is 11.4 Å². The molecule has 3 aromatic rings. The van der Waals surface area contributed by atoms with Crippen molar-refractivity contribution in [2.75, 3.05) is 11.9 Å². The molecule has 0 bridgehead atoms. The van der Waals surface area contributed by atoms with Crippen molar-refractivity contribution in [1.82, 2.24) is 29.7 Å². The Balaban J connectivity index is 1.53. The Morgan fingerprint density at radius 3 is 2.64 bits per heavy atom. The second kappa shape index (κ2) is 7.69. The molecule has 0 radical (unpaired) electrons. The fourth-order valence-corrected chi connectivity index (χ4v) is 2.39. The number of hydrogen-bond acceptors (Lipinski definition) is 6. The van der Waals surface area contributed by atoms with Crippen LogP contribution in [0.2, 0.25) is 0 Å². The highest BCUT2D eigenvalue weighted by Crippen LogP contribution is 2.15. The Kier molecular flexibility index (Phi) is 5.17. The van der Waals surface area contributed by atoms with Crippen molar-refractivity contribution in [1.29, 1.82) is 0 Å². The minimum atomic E-state index is -0.113. The van der Waals surface area contributed by atoms with Crippen molar-refractivity contribution in [2.45, 2.75) is 33.2 Å². The normalized spacial score (nSPS) is 10.8. The van der Waals surface area contributed by atoms with Crippen molar-refractivity contribution in [3.8, 4) is 11.4 Å². The molecule has 8 nitrogen and oxygen atoms in total. The molecule has 0 amide bonds. The summed E-state index contributed by atoms with van der Waals surface area (Å²) in [6, 6.07) is 3.80. The van der Waals surface area contributed by atoms with Crippen LogP contribution in [0.3, 0.4) is 0 Å². The molecule has 25 heavy (non-hydrogen) atoms. The van der Waals surface area contributed by atoms with Gasteiger partial charge in [0, 0.05) is 36.1 Å². The summed E-state index contributed by atoms with van der Waals surface area (Å²) in [6.07, 6.45) is 7.22. The monoisotopic (exact) mass is 339 g/mol. The molecule has 130 valence electrons. The number of aromatic nitrogens is 6. The van der Waals surface area contributed by atoms with Crippen molar-refractivity contribution < 1.29 is 0 Å². The molecule has 3 rings (SSSR count). The van der Waals surface area contributed by atoms with Gasteiger partial charge in [-0.15, -0.1) is 10.2 Å². The van der Waals surface area contributed by atoms with Crippen LogP contribution in [0.5, 0.6) is 0 Å². The molecular weight excluding hydrogens is 318 g/mol. The number of rotatable bonds is 7. The van der Waals surface area contributed by atoms with E-state index in [4.69, 9.17) is 0 Å². The molecule has 0 aromatic carbocycles. The molecule has 3 aromatic heterocycles. The molecule has 8 heteroatoms. The van der Waals surface area contributed by atoms with E-state index in [-0.39, 0.29) is 5.56 Å². The lowest BCUT2D eigenvalue weighted by Gasteiger charge is -2.07. The van der Waals surface area contributed by atoms with Gasteiger partial charge in [0.25, 0.3) is 5.56 Å². The zero-order chi connectivity index (χ0) is 17.6. The summed E-state index contributed by atoms with van der Waals surface area (Å²) in [5, 5.41) is 10.8. The predicted octanol–water partition coefficient (Wildman–Crippen LogP) is 1.93. The van der Waals surface area contributed by atoms with Crippen LogP contribution in [0.4, 0.5) is 5.82 Å².